The topological polar surface area (TPSA) is 108 Å². The van der Waals surface area contributed by atoms with E-state index in [9.17, 15) is 23.9 Å². The highest BCUT2D eigenvalue weighted by atomic mass is 35.5. The van der Waals surface area contributed by atoms with Crippen LogP contribution in [0.25, 0.3) is 0 Å². The predicted molar refractivity (Wildman–Crippen MR) is 104 cm³/mol. The van der Waals surface area contributed by atoms with Crippen molar-refractivity contribution in [1.82, 2.24) is 15.5 Å². The molecule has 2 rings (SSSR count). The predicted octanol–water partition coefficient (Wildman–Crippen LogP) is 1.58. The number of carbonyl (C=O) groups excluding carboxylic acids is 3. The van der Waals surface area contributed by atoms with E-state index in [1.807, 2.05) is 0 Å². The lowest BCUT2D eigenvalue weighted by Gasteiger charge is -2.23. The molecule has 0 radical (unpaired) electrons. The lowest BCUT2D eigenvalue weighted by atomic mass is 10.0. The summed E-state index contributed by atoms with van der Waals surface area (Å²) in [6.07, 6.45) is -0.709. The minimum absolute atomic E-state index is 0.0893. The van der Waals surface area contributed by atoms with Gasteiger partial charge >= 0.3 is 6.09 Å². The first kappa shape index (κ1) is 22.9. The summed E-state index contributed by atoms with van der Waals surface area (Å²) in [4.78, 5) is 37.8. The van der Waals surface area contributed by atoms with E-state index < -0.39 is 34.9 Å². The number of rotatable bonds is 6. The summed E-state index contributed by atoms with van der Waals surface area (Å²) < 4.78 is 18.5. The number of amides is 3. The molecule has 0 aliphatic carbocycles. The normalized spacial score (nSPS) is 19.2. The molecule has 1 atom stereocenters. The Balaban J connectivity index is 1.86. The average molecular weight is 430 g/mol. The first-order chi connectivity index (χ1) is 13.4. The molecule has 1 aliphatic heterocycles. The summed E-state index contributed by atoms with van der Waals surface area (Å²) in [5, 5.41) is 15.7. The van der Waals surface area contributed by atoms with Crippen molar-refractivity contribution in [2.75, 3.05) is 19.6 Å². The van der Waals surface area contributed by atoms with Crippen molar-refractivity contribution in [2.24, 2.45) is 0 Å². The summed E-state index contributed by atoms with van der Waals surface area (Å²) in [6, 6.07) is 3.80. The van der Waals surface area contributed by atoms with Gasteiger partial charge in [-0.1, -0.05) is 11.6 Å². The lowest BCUT2D eigenvalue weighted by molar-refractivity contribution is -0.154. The van der Waals surface area contributed by atoms with Gasteiger partial charge in [0.2, 0.25) is 5.60 Å². The van der Waals surface area contributed by atoms with Gasteiger partial charge in [-0.05, 0) is 44.5 Å². The summed E-state index contributed by atoms with van der Waals surface area (Å²) in [5.74, 6) is -2.18. The van der Waals surface area contributed by atoms with Crippen LogP contribution in [0.1, 0.15) is 32.8 Å². The van der Waals surface area contributed by atoms with E-state index in [2.05, 4.69) is 10.6 Å². The highest BCUT2D eigenvalue weighted by molar-refractivity contribution is 6.30. The van der Waals surface area contributed by atoms with Crippen LogP contribution >= 0.6 is 11.6 Å². The second-order valence-electron chi connectivity index (χ2n) is 7.79. The zero-order valence-electron chi connectivity index (χ0n) is 16.6. The highest BCUT2D eigenvalue weighted by Crippen LogP contribution is 2.23. The van der Waals surface area contributed by atoms with E-state index in [1.54, 1.807) is 20.8 Å². The van der Waals surface area contributed by atoms with Crippen molar-refractivity contribution in [3.05, 3.63) is 34.6 Å². The SMILES string of the molecule is CC(C)(C)OC(=O)NCCN1CC[C@](O)(C(=O)NCc2cc(F)cc(Cl)c2)C1=O. The number of hydrogen-bond donors (Lipinski definition) is 3. The van der Waals surface area contributed by atoms with Crippen LogP contribution in [0.3, 0.4) is 0 Å². The second kappa shape index (κ2) is 8.96. The number of halogens is 2. The molecule has 0 bridgehead atoms. The van der Waals surface area contributed by atoms with Crippen molar-refractivity contribution in [1.29, 1.82) is 0 Å². The number of alkyl carbamates (subject to hydrolysis) is 1. The fourth-order valence-electron chi connectivity index (χ4n) is 2.84. The van der Waals surface area contributed by atoms with Crippen LogP contribution in [0.2, 0.25) is 5.02 Å². The molecule has 0 spiro atoms. The third-order valence-electron chi connectivity index (χ3n) is 4.19. The molecule has 1 aliphatic rings. The maximum Gasteiger partial charge on any atom is 0.407 e. The number of nitrogens with zero attached hydrogens (tertiary/aromatic N) is 1. The largest absolute Gasteiger partial charge is 0.444 e. The van der Waals surface area contributed by atoms with Crippen LogP contribution in [-0.2, 0) is 20.9 Å². The highest BCUT2D eigenvalue weighted by Gasteiger charge is 2.51. The van der Waals surface area contributed by atoms with Crippen molar-refractivity contribution in [3.63, 3.8) is 0 Å². The fraction of sp³-hybridized carbons (Fsp3) is 0.526. The molecule has 1 aromatic rings. The van der Waals surface area contributed by atoms with Gasteiger partial charge in [0, 0.05) is 37.6 Å². The van der Waals surface area contributed by atoms with Gasteiger partial charge in [0.1, 0.15) is 11.4 Å². The Morgan fingerprint density at radius 1 is 1.31 bits per heavy atom. The van der Waals surface area contributed by atoms with Gasteiger partial charge in [0.15, 0.2) is 0 Å². The van der Waals surface area contributed by atoms with E-state index in [0.717, 1.165) is 6.07 Å². The molecule has 0 saturated carbocycles. The second-order valence-corrected chi connectivity index (χ2v) is 8.23. The third-order valence-corrected chi connectivity index (χ3v) is 4.40. The fourth-order valence-corrected chi connectivity index (χ4v) is 3.08. The Hall–Kier alpha value is -2.39. The summed E-state index contributed by atoms with van der Waals surface area (Å²) in [5.41, 5.74) is -2.45. The molecule has 1 aromatic carbocycles. The number of likely N-dealkylation sites (tertiary alicyclic amines) is 1. The molecule has 8 nitrogen and oxygen atoms in total. The summed E-state index contributed by atoms with van der Waals surface area (Å²) in [7, 11) is 0. The van der Waals surface area contributed by atoms with Crippen molar-refractivity contribution < 1.29 is 28.6 Å². The maximum atomic E-state index is 13.4. The number of hydrogen-bond acceptors (Lipinski definition) is 5. The van der Waals surface area contributed by atoms with Crippen molar-refractivity contribution in [3.8, 4) is 0 Å². The van der Waals surface area contributed by atoms with Crippen molar-refractivity contribution >= 4 is 29.5 Å². The lowest BCUT2D eigenvalue weighted by Crippen LogP contribution is -2.52. The zero-order chi connectivity index (χ0) is 21.8. The molecule has 1 saturated heterocycles. The van der Waals surface area contributed by atoms with Crippen LogP contribution in [0.4, 0.5) is 9.18 Å². The smallest absolute Gasteiger partial charge is 0.407 e. The van der Waals surface area contributed by atoms with Gasteiger partial charge in [-0.2, -0.15) is 0 Å². The first-order valence-corrected chi connectivity index (χ1v) is 9.50. The van der Waals surface area contributed by atoms with Gasteiger partial charge in [-0.3, -0.25) is 9.59 Å². The van der Waals surface area contributed by atoms with Gasteiger partial charge < -0.3 is 25.4 Å². The Morgan fingerprint density at radius 3 is 2.62 bits per heavy atom. The summed E-state index contributed by atoms with van der Waals surface area (Å²) >= 11 is 5.77. The van der Waals surface area contributed by atoms with Crippen LogP contribution in [-0.4, -0.2) is 58.8 Å². The van der Waals surface area contributed by atoms with E-state index in [0.29, 0.717) is 5.56 Å². The van der Waals surface area contributed by atoms with Gasteiger partial charge in [0.05, 0.1) is 0 Å². The molecular weight excluding hydrogens is 405 g/mol. The number of benzene rings is 1. The minimum Gasteiger partial charge on any atom is -0.444 e. The molecule has 10 heteroatoms. The van der Waals surface area contributed by atoms with E-state index in [-0.39, 0.29) is 37.6 Å². The average Bonchev–Trinajstić information content (AvgIpc) is 2.87. The molecule has 29 heavy (non-hydrogen) atoms. The van der Waals surface area contributed by atoms with Crippen LogP contribution in [0.5, 0.6) is 0 Å². The van der Waals surface area contributed by atoms with E-state index in [4.69, 9.17) is 16.3 Å². The van der Waals surface area contributed by atoms with E-state index >= 15 is 0 Å². The molecule has 3 amide bonds. The Morgan fingerprint density at radius 2 is 2.00 bits per heavy atom. The molecule has 1 heterocycles. The number of carbonyl (C=O) groups is 3. The molecule has 160 valence electrons. The molecular formula is C19H25ClFN3O5. The maximum absolute atomic E-state index is 13.4. The standard InChI is InChI=1S/C19H25ClFN3O5/c1-18(2,3)29-17(27)22-5-7-24-6-4-19(28,16(24)26)15(25)23-11-12-8-13(20)10-14(21)9-12/h8-10,28H,4-7,11H2,1-3H3,(H,22,27)(H,23,25)/t19-/m0/s1. The molecule has 0 aromatic heterocycles. The van der Waals surface area contributed by atoms with Crippen LogP contribution < -0.4 is 10.6 Å². The summed E-state index contributed by atoms with van der Waals surface area (Å²) in [6.45, 7) is 5.48. The molecule has 1 fully saturated rings. The molecule has 0 unspecified atom stereocenters. The van der Waals surface area contributed by atoms with Crippen molar-refractivity contribution in [2.45, 2.75) is 44.9 Å². The quantitative estimate of drug-likeness (QED) is 0.595. The number of ether oxygens (including phenoxy) is 1. The Bertz CT molecular complexity index is 778. The van der Waals surface area contributed by atoms with Gasteiger partial charge in [0.25, 0.3) is 11.8 Å². The van der Waals surface area contributed by atoms with E-state index in [1.165, 1.54) is 17.0 Å². The van der Waals surface area contributed by atoms with Crippen LogP contribution in [0, 0.1) is 5.82 Å². The van der Waals surface area contributed by atoms with Gasteiger partial charge in [-0.15, -0.1) is 0 Å². The minimum atomic E-state index is -2.21. The Labute approximate surface area is 173 Å². The Kier molecular flexibility index (Phi) is 7.07. The first-order valence-electron chi connectivity index (χ1n) is 9.12. The monoisotopic (exact) mass is 429 g/mol. The van der Waals surface area contributed by atoms with Gasteiger partial charge in [-0.25, -0.2) is 9.18 Å². The molecule has 3 N–H and O–H groups in total. The third kappa shape index (κ3) is 6.30. The van der Waals surface area contributed by atoms with Crippen LogP contribution in [0.15, 0.2) is 18.2 Å². The number of aliphatic hydroxyl groups is 1. The zero-order valence-corrected chi connectivity index (χ0v) is 17.3. The number of nitrogens with one attached hydrogen (secondary N) is 2.